The van der Waals surface area contributed by atoms with Crippen LogP contribution in [0.25, 0.3) is 0 Å². The molecule has 0 aliphatic heterocycles. The lowest BCUT2D eigenvalue weighted by atomic mass is 9.92. The second kappa shape index (κ2) is 7.20. The Bertz CT molecular complexity index is 287. The van der Waals surface area contributed by atoms with Crippen molar-refractivity contribution in [2.24, 2.45) is 5.73 Å². The van der Waals surface area contributed by atoms with E-state index in [0.717, 1.165) is 25.7 Å². The molecule has 0 heterocycles. The molecule has 1 aliphatic carbocycles. The standard InChI is InChI=1S/C8H16N2O.C2HF3O2/c1-6(11)10-8-4-2-7(9)3-5-8;3-2(4,5)1(6)7/h7-8H,2-5,9H2,1H3,(H,10,11);(H,6,7)/t7-,8-;. The van der Waals surface area contributed by atoms with Gasteiger partial charge in [-0.2, -0.15) is 13.2 Å². The number of carboxylic acid groups (broad SMARTS) is 1. The highest BCUT2D eigenvalue weighted by Gasteiger charge is 2.38. The highest BCUT2D eigenvalue weighted by atomic mass is 19.4. The van der Waals surface area contributed by atoms with Crippen LogP contribution in [-0.2, 0) is 9.59 Å². The largest absolute Gasteiger partial charge is 0.490 e. The van der Waals surface area contributed by atoms with E-state index in [1.54, 1.807) is 6.92 Å². The summed E-state index contributed by atoms with van der Waals surface area (Å²) in [5, 5.41) is 10.0. The van der Waals surface area contributed by atoms with E-state index in [1.165, 1.54) is 0 Å². The van der Waals surface area contributed by atoms with Gasteiger partial charge in [-0.15, -0.1) is 0 Å². The molecule has 1 amide bonds. The number of hydrogen-bond acceptors (Lipinski definition) is 3. The third-order valence-corrected chi connectivity index (χ3v) is 2.42. The van der Waals surface area contributed by atoms with Crippen molar-refractivity contribution in [2.45, 2.75) is 50.9 Å². The molecule has 0 unspecified atom stereocenters. The summed E-state index contributed by atoms with van der Waals surface area (Å²) in [6.45, 7) is 1.56. The Labute approximate surface area is 103 Å². The fraction of sp³-hybridized carbons (Fsp3) is 0.800. The molecular formula is C10H17F3N2O3. The molecular weight excluding hydrogens is 253 g/mol. The molecule has 5 nitrogen and oxygen atoms in total. The van der Waals surface area contributed by atoms with Crippen molar-refractivity contribution in [1.29, 1.82) is 0 Å². The molecule has 0 atom stereocenters. The van der Waals surface area contributed by atoms with Gasteiger partial charge < -0.3 is 16.2 Å². The summed E-state index contributed by atoms with van der Waals surface area (Å²) in [4.78, 5) is 19.5. The third kappa shape index (κ3) is 7.88. The molecule has 1 aliphatic rings. The van der Waals surface area contributed by atoms with Crippen LogP contribution < -0.4 is 11.1 Å². The highest BCUT2D eigenvalue weighted by molar-refractivity contribution is 5.73. The van der Waals surface area contributed by atoms with Gasteiger partial charge in [0.05, 0.1) is 0 Å². The van der Waals surface area contributed by atoms with E-state index >= 15 is 0 Å². The molecule has 0 aromatic heterocycles. The van der Waals surface area contributed by atoms with Gasteiger partial charge in [0.2, 0.25) is 5.91 Å². The van der Waals surface area contributed by atoms with E-state index in [4.69, 9.17) is 15.6 Å². The van der Waals surface area contributed by atoms with Crippen LogP contribution in [0, 0.1) is 0 Å². The fourth-order valence-electron chi connectivity index (χ4n) is 1.55. The molecule has 4 N–H and O–H groups in total. The number of hydrogen-bond donors (Lipinski definition) is 3. The summed E-state index contributed by atoms with van der Waals surface area (Å²) >= 11 is 0. The molecule has 0 aromatic rings. The first-order valence-corrected chi connectivity index (χ1v) is 5.45. The van der Waals surface area contributed by atoms with E-state index in [9.17, 15) is 18.0 Å². The van der Waals surface area contributed by atoms with Gasteiger partial charge in [0, 0.05) is 19.0 Å². The Hall–Kier alpha value is -1.31. The normalized spacial score (nSPS) is 23.6. The van der Waals surface area contributed by atoms with Gasteiger partial charge >= 0.3 is 12.1 Å². The van der Waals surface area contributed by atoms with Gasteiger partial charge in [-0.25, -0.2) is 4.79 Å². The Balaban J connectivity index is 0.000000360. The van der Waals surface area contributed by atoms with Crippen LogP contribution in [0.1, 0.15) is 32.6 Å². The van der Waals surface area contributed by atoms with Crippen molar-refractivity contribution in [2.75, 3.05) is 0 Å². The molecule has 1 rings (SSSR count). The van der Waals surface area contributed by atoms with Crippen LogP contribution in [0.4, 0.5) is 13.2 Å². The number of carbonyl (C=O) groups excluding carboxylic acids is 1. The minimum absolute atomic E-state index is 0.0745. The molecule has 106 valence electrons. The maximum atomic E-state index is 10.7. The minimum atomic E-state index is -5.08. The van der Waals surface area contributed by atoms with E-state index < -0.39 is 12.1 Å². The van der Waals surface area contributed by atoms with Crippen molar-refractivity contribution < 1.29 is 27.9 Å². The molecule has 1 fully saturated rings. The van der Waals surface area contributed by atoms with Crippen LogP contribution in [0.5, 0.6) is 0 Å². The highest BCUT2D eigenvalue weighted by Crippen LogP contribution is 2.16. The Kier molecular flexibility index (Phi) is 6.67. The number of alkyl halides is 3. The molecule has 0 bridgehead atoms. The molecule has 1 saturated carbocycles. The topological polar surface area (TPSA) is 92.4 Å². The average Bonchev–Trinajstić information content (AvgIpc) is 2.20. The maximum Gasteiger partial charge on any atom is 0.490 e. The average molecular weight is 270 g/mol. The van der Waals surface area contributed by atoms with E-state index in [-0.39, 0.29) is 5.91 Å². The summed E-state index contributed by atoms with van der Waals surface area (Å²) in [5.74, 6) is -2.68. The lowest BCUT2D eigenvalue weighted by molar-refractivity contribution is -0.192. The number of amides is 1. The zero-order valence-corrected chi connectivity index (χ0v) is 9.96. The molecule has 18 heavy (non-hydrogen) atoms. The molecule has 0 saturated heterocycles. The number of nitrogens with one attached hydrogen (secondary N) is 1. The molecule has 8 heteroatoms. The predicted octanol–water partition coefficient (Wildman–Crippen LogP) is 1.03. The van der Waals surface area contributed by atoms with Gasteiger partial charge in [0.1, 0.15) is 0 Å². The number of carboxylic acids is 1. The van der Waals surface area contributed by atoms with Crippen molar-refractivity contribution in [3.63, 3.8) is 0 Å². The van der Waals surface area contributed by atoms with Gasteiger partial charge in [0.25, 0.3) is 0 Å². The monoisotopic (exact) mass is 270 g/mol. The first-order valence-electron chi connectivity index (χ1n) is 5.45. The van der Waals surface area contributed by atoms with Gasteiger partial charge in [-0.05, 0) is 25.7 Å². The van der Waals surface area contributed by atoms with Crippen LogP contribution >= 0.6 is 0 Å². The number of nitrogens with two attached hydrogens (primary N) is 1. The second-order valence-electron chi connectivity index (χ2n) is 4.12. The second-order valence-corrected chi connectivity index (χ2v) is 4.12. The number of aliphatic carboxylic acids is 1. The molecule has 0 aromatic carbocycles. The Morgan fingerprint density at radius 1 is 1.22 bits per heavy atom. The lowest BCUT2D eigenvalue weighted by Crippen LogP contribution is -2.39. The number of carbonyl (C=O) groups is 2. The van der Waals surface area contributed by atoms with Crippen molar-refractivity contribution >= 4 is 11.9 Å². The zero-order chi connectivity index (χ0) is 14.3. The fourth-order valence-corrected chi connectivity index (χ4v) is 1.55. The zero-order valence-electron chi connectivity index (χ0n) is 9.96. The van der Waals surface area contributed by atoms with Gasteiger partial charge in [-0.1, -0.05) is 0 Å². The van der Waals surface area contributed by atoms with Crippen LogP contribution in [0.3, 0.4) is 0 Å². The van der Waals surface area contributed by atoms with Crippen LogP contribution in [-0.4, -0.2) is 35.2 Å². The minimum Gasteiger partial charge on any atom is -0.475 e. The number of rotatable bonds is 1. The first-order chi connectivity index (χ1) is 8.12. The van der Waals surface area contributed by atoms with Gasteiger partial charge in [0.15, 0.2) is 0 Å². The molecule has 0 spiro atoms. The lowest BCUT2D eigenvalue weighted by Gasteiger charge is -2.26. The molecule has 0 radical (unpaired) electrons. The van der Waals surface area contributed by atoms with Crippen molar-refractivity contribution in [3.8, 4) is 0 Å². The summed E-state index contributed by atoms with van der Waals surface area (Å²) < 4.78 is 31.7. The van der Waals surface area contributed by atoms with E-state index in [0.29, 0.717) is 12.1 Å². The first kappa shape index (κ1) is 16.7. The van der Waals surface area contributed by atoms with Crippen molar-refractivity contribution in [1.82, 2.24) is 5.32 Å². The van der Waals surface area contributed by atoms with Gasteiger partial charge in [-0.3, -0.25) is 4.79 Å². The maximum absolute atomic E-state index is 10.7. The summed E-state index contributed by atoms with van der Waals surface area (Å²) in [6, 6.07) is 0.743. The summed E-state index contributed by atoms with van der Waals surface area (Å²) in [5.41, 5.74) is 5.72. The SMILES string of the molecule is CC(=O)N[C@H]1CC[C@H](N)CC1.O=C(O)C(F)(F)F. The van der Waals surface area contributed by atoms with Crippen LogP contribution in [0.15, 0.2) is 0 Å². The predicted molar refractivity (Wildman–Crippen MR) is 57.7 cm³/mol. The Morgan fingerprint density at radius 3 is 1.89 bits per heavy atom. The number of halogens is 3. The smallest absolute Gasteiger partial charge is 0.475 e. The van der Waals surface area contributed by atoms with E-state index in [1.807, 2.05) is 0 Å². The Morgan fingerprint density at radius 2 is 1.61 bits per heavy atom. The quantitative estimate of drug-likeness (QED) is 0.663. The van der Waals surface area contributed by atoms with E-state index in [2.05, 4.69) is 5.32 Å². The van der Waals surface area contributed by atoms with Crippen LogP contribution in [0.2, 0.25) is 0 Å². The third-order valence-electron chi connectivity index (χ3n) is 2.42. The van der Waals surface area contributed by atoms with Crippen molar-refractivity contribution in [3.05, 3.63) is 0 Å². The summed E-state index contributed by atoms with van der Waals surface area (Å²) in [6.07, 6.45) is -0.905. The summed E-state index contributed by atoms with van der Waals surface area (Å²) in [7, 11) is 0.